The number of aromatic nitrogens is 3. The molecule has 2 aromatic heterocycles. The molecule has 5 rings (SSSR count). The lowest BCUT2D eigenvalue weighted by atomic mass is 10.1. The van der Waals surface area contributed by atoms with Crippen molar-refractivity contribution in [1.82, 2.24) is 19.7 Å². The van der Waals surface area contributed by atoms with Crippen LogP contribution in [0.25, 0.3) is 10.2 Å². The molecule has 0 bridgehead atoms. The van der Waals surface area contributed by atoms with Gasteiger partial charge in [0.2, 0.25) is 0 Å². The van der Waals surface area contributed by atoms with Gasteiger partial charge in [-0.15, -0.1) is 11.3 Å². The van der Waals surface area contributed by atoms with Crippen LogP contribution in [-0.4, -0.2) is 32.1 Å². The molecule has 0 saturated heterocycles. The molecule has 0 N–H and O–H groups in total. The first kappa shape index (κ1) is 13.2. The number of thiazole rings is 1. The van der Waals surface area contributed by atoms with Gasteiger partial charge in [-0.25, -0.2) is 4.98 Å². The second-order valence-corrected chi connectivity index (χ2v) is 7.19. The average molecular weight is 324 g/mol. The fourth-order valence-corrected chi connectivity index (χ4v) is 4.55. The number of hydrogen-bond acceptors (Lipinski definition) is 4. The molecule has 0 atom stereocenters. The van der Waals surface area contributed by atoms with E-state index in [4.69, 9.17) is 5.10 Å². The minimum atomic E-state index is 0.0467. The van der Waals surface area contributed by atoms with Crippen molar-refractivity contribution in [3.8, 4) is 0 Å². The van der Waals surface area contributed by atoms with Crippen LogP contribution < -0.4 is 0 Å². The number of nitrogens with zero attached hydrogens (tertiary/aromatic N) is 4. The monoisotopic (exact) mass is 324 g/mol. The number of carbonyl (C=O) groups is 1. The molecule has 0 fully saturated rings. The molecule has 3 aromatic rings. The quantitative estimate of drug-likeness (QED) is 0.691. The summed E-state index contributed by atoms with van der Waals surface area (Å²) >= 11 is 1.48. The molecule has 1 aliphatic heterocycles. The summed E-state index contributed by atoms with van der Waals surface area (Å²) in [6.45, 7) is 2.17. The first-order valence-electron chi connectivity index (χ1n) is 8.02. The third-order valence-electron chi connectivity index (χ3n) is 4.78. The molecular formula is C17H16N4OS. The van der Waals surface area contributed by atoms with Crippen LogP contribution in [0.2, 0.25) is 0 Å². The molecule has 5 nitrogen and oxygen atoms in total. The summed E-state index contributed by atoms with van der Waals surface area (Å²) in [5.41, 5.74) is 4.77. The van der Waals surface area contributed by atoms with Gasteiger partial charge >= 0.3 is 0 Å². The Balaban J connectivity index is 1.46. The predicted octanol–water partition coefficient (Wildman–Crippen LogP) is 2.64. The third-order valence-corrected chi connectivity index (χ3v) is 5.80. The van der Waals surface area contributed by atoms with Crippen LogP contribution in [0, 0.1) is 0 Å². The van der Waals surface area contributed by atoms with Crippen molar-refractivity contribution in [2.45, 2.75) is 32.4 Å². The summed E-state index contributed by atoms with van der Waals surface area (Å²) in [5, 5.41) is 5.29. The Labute approximate surface area is 137 Å². The summed E-state index contributed by atoms with van der Waals surface area (Å²) in [7, 11) is 0. The maximum Gasteiger partial charge on any atom is 0.283 e. The molecule has 1 aliphatic carbocycles. The lowest BCUT2D eigenvalue weighted by Crippen LogP contribution is -2.38. The fourth-order valence-electron chi connectivity index (χ4n) is 3.62. The van der Waals surface area contributed by atoms with Crippen LogP contribution in [0.3, 0.4) is 0 Å². The molecule has 2 aliphatic rings. The molecular weight excluding hydrogens is 308 g/mol. The molecule has 0 spiro atoms. The number of fused-ring (bicyclic) bond motifs is 4. The molecule has 3 heterocycles. The van der Waals surface area contributed by atoms with Gasteiger partial charge in [-0.2, -0.15) is 5.10 Å². The van der Waals surface area contributed by atoms with Crippen LogP contribution >= 0.6 is 11.3 Å². The largest absolute Gasteiger partial charge is 0.329 e. The zero-order chi connectivity index (χ0) is 15.4. The molecule has 0 unspecified atom stereocenters. The first-order chi connectivity index (χ1) is 11.3. The van der Waals surface area contributed by atoms with Crippen molar-refractivity contribution in [3.63, 3.8) is 0 Å². The van der Waals surface area contributed by atoms with E-state index >= 15 is 0 Å². The lowest BCUT2D eigenvalue weighted by molar-refractivity contribution is 0.0705. The highest BCUT2D eigenvalue weighted by Gasteiger charge is 2.29. The van der Waals surface area contributed by atoms with Gasteiger partial charge in [0, 0.05) is 6.54 Å². The van der Waals surface area contributed by atoms with E-state index in [1.54, 1.807) is 0 Å². The highest BCUT2D eigenvalue weighted by molar-refractivity contribution is 7.20. The Hall–Kier alpha value is -2.21. The van der Waals surface area contributed by atoms with Crippen LogP contribution in [0.1, 0.15) is 33.2 Å². The van der Waals surface area contributed by atoms with E-state index in [9.17, 15) is 4.79 Å². The number of amides is 1. The van der Waals surface area contributed by atoms with Gasteiger partial charge in [0.25, 0.3) is 5.91 Å². The number of aryl methyl sites for hydroxylation is 1. The number of rotatable bonds is 1. The highest BCUT2D eigenvalue weighted by Crippen LogP contribution is 2.29. The second kappa shape index (κ2) is 4.89. The van der Waals surface area contributed by atoms with Crippen LogP contribution in [-0.2, 0) is 25.9 Å². The SMILES string of the molecule is O=C(c1nc2ccccc2s1)N1CCn2nc3c(c2C1)CCC3. The normalized spacial score (nSPS) is 16.6. The van der Waals surface area contributed by atoms with Gasteiger partial charge in [-0.3, -0.25) is 9.48 Å². The average Bonchev–Trinajstić information content (AvgIpc) is 3.27. The summed E-state index contributed by atoms with van der Waals surface area (Å²) in [4.78, 5) is 19.3. The molecule has 0 saturated carbocycles. The Morgan fingerprint density at radius 2 is 2.09 bits per heavy atom. The molecule has 23 heavy (non-hydrogen) atoms. The van der Waals surface area contributed by atoms with Crippen molar-refractivity contribution in [3.05, 3.63) is 46.2 Å². The van der Waals surface area contributed by atoms with E-state index in [1.165, 1.54) is 34.7 Å². The smallest absolute Gasteiger partial charge is 0.283 e. The van der Waals surface area contributed by atoms with Crippen molar-refractivity contribution in [2.75, 3.05) is 6.54 Å². The number of para-hydroxylation sites is 1. The molecule has 6 heteroatoms. The van der Waals surface area contributed by atoms with Crippen molar-refractivity contribution in [1.29, 1.82) is 0 Å². The summed E-state index contributed by atoms with van der Waals surface area (Å²) in [5.74, 6) is 0.0467. The van der Waals surface area contributed by atoms with E-state index in [-0.39, 0.29) is 5.91 Å². The van der Waals surface area contributed by atoms with Gasteiger partial charge in [0.1, 0.15) is 0 Å². The summed E-state index contributed by atoms with van der Waals surface area (Å²) < 4.78 is 3.17. The van der Waals surface area contributed by atoms with E-state index < -0.39 is 0 Å². The van der Waals surface area contributed by atoms with Crippen LogP contribution in [0.5, 0.6) is 0 Å². The Bertz CT molecular complexity index is 893. The van der Waals surface area contributed by atoms with E-state index in [0.29, 0.717) is 18.1 Å². The standard InChI is InChI=1S/C17H16N4OS/c22-17(16-18-13-5-1-2-7-15(13)23-16)20-8-9-21-14(10-20)11-4-3-6-12(11)19-21/h1-2,5,7H,3-4,6,8-10H2. The molecule has 0 radical (unpaired) electrons. The Morgan fingerprint density at radius 3 is 3.00 bits per heavy atom. The maximum atomic E-state index is 12.8. The van der Waals surface area contributed by atoms with Crippen LogP contribution in [0.4, 0.5) is 0 Å². The van der Waals surface area contributed by atoms with Crippen molar-refractivity contribution >= 4 is 27.5 Å². The third kappa shape index (κ3) is 2.01. The van der Waals surface area contributed by atoms with Gasteiger partial charge in [0.05, 0.1) is 34.7 Å². The molecule has 116 valence electrons. The highest BCUT2D eigenvalue weighted by atomic mass is 32.1. The Kier molecular flexibility index (Phi) is 2.82. The topological polar surface area (TPSA) is 51.0 Å². The Morgan fingerprint density at radius 1 is 1.17 bits per heavy atom. The minimum absolute atomic E-state index is 0.0467. The maximum absolute atomic E-state index is 12.8. The van der Waals surface area contributed by atoms with Crippen LogP contribution in [0.15, 0.2) is 24.3 Å². The van der Waals surface area contributed by atoms with Crippen molar-refractivity contribution in [2.24, 2.45) is 0 Å². The predicted molar refractivity (Wildman–Crippen MR) is 88.6 cm³/mol. The molecule has 1 aromatic carbocycles. The number of benzene rings is 1. The summed E-state index contributed by atoms with van der Waals surface area (Å²) in [6, 6.07) is 7.92. The van der Waals surface area contributed by atoms with Gasteiger partial charge in [0.15, 0.2) is 5.01 Å². The zero-order valence-corrected chi connectivity index (χ0v) is 13.5. The fraction of sp³-hybridized carbons (Fsp3) is 0.353. The number of hydrogen-bond donors (Lipinski definition) is 0. The molecule has 1 amide bonds. The zero-order valence-electron chi connectivity index (χ0n) is 12.7. The second-order valence-electron chi connectivity index (χ2n) is 6.16. The number of carbonyl (C=O) groups excluding carboxylic acids is 1. The van der Waals surface area contributed by atoms with E-state index in [1.807, 2.05) is 29.2 Å². The van der Waals surface area contributed by atoms with E-state index in [0.717, 1.165) is 29.6 Å². The summed E-state index contributed by atoms with van der Waals surface area (Å²) in [6.07, 6.45) is 3.38. The van der Waals surface area contributed by atoms with Gasteiger partial charge < -0.3 is 4.90 Å². The minimum Gasteiger partial charge on any atom is -0.329 e. The lowest BCUT2D eigenvalue weighted by Gasteiger charge is -2.27. The van der Waals surface area contributed by atoms with Crippen molar-refractivity contribution < 1.29 is 4.79 Å². The van der Waals surface area contributed by atoms with Gasteiger partial charge in [-0.05, 0) is 37.0 Å². The van der Waals surface area contributed by atoms with Gasteiger partial charge in [-0.1, -0.05) is 12.1 Å². The first-order valence-corrected chi connectivity index (χ1v) is 8.83. The van der Waals surface area contributed by atoms with E-state index in [2.05, 4.69) is 9.67 Å².